The zero-order valence-corrected chi connectivity index (χ0v) is 11.7. The smallest absolute Gasteiger partial charge is 0.0488 e. The van der Waals surface area contributed by atoms with Crippen LogP contribution in [0.2, 0.25) is 0 Å². The lowest BCUT2D eigenvalue weighted by molar-refractivity contribution is 1.01. The molecule has 3 aromatic rings. The van der Waals surface area contributed by atoms with Crippen molar-refractivity contribution in [3.63, 3.8) is 0 Å². The van der Waals surface area contributed by atoms with Gasteiger partial charge in [-0.2, -0.15) is 0 Å². The number of fused-ring (bicyclic) bond motifs is 3. The van der Waals surface area contributed by atoms with Gasteiger partial charge in [0.2, 0.25) is 0 Å². The van der Waals surface area contributed by atoms with Gasteiger partial charge in [0.25, 0.3) is 0 Å². The normalized spacial score (nSPS) is 10.4. The number of nitrogens with zero attached hydrogens (tertiary/aromatic N) is 1. The summed E-state index contributed by atoms with van der Waals surface area (Å²) in [5.41, 5.74) is 4.04. The molecule has 0 aliphatic rings. The van der Waals surface area contributed by atoms with E-state index in [2.05, 4.69) is 61.0 Å². The third kappa shape index (κ3) is 1.90. The van der Waals surface area contributed by atoms with Gasteiger partial charge in [-0.05, 0) is 30.2 Å². The minimum absolute atomic E-state index is 1.10. The first-order valence-corrected chi connectivity index (χ1v) is 6.77. The second kappa shape index (κ2) is 5.26. The van der Waals surface area contributed by atoms with Crippen molar-refractivity contribution in [1.29, 1.82) is 0 Å². The van der Waals surface area contributed by atoms with Crippen LogP contribution in [0.4, 0.5) is 0 Å². The summed E-state index contributed by atoms with van der Waals surface area (Å²) in [5.74, 6) is 0. The standard InChI is InChI=1S/C15H15N.C2H6/c1-3-11-8-9-15-13(10-11)12-6-4-5-7-14(12)16(15)2;1-2/h4-10H,3H2,1-2H3;1-2H3. The summed E-state index contributed by atoms with van der Waals surface area (Å²) in [4.78, 5) is 0. The van der Waals surface area contributed by atoms with Crippen molar-refractivity contribution >= 4 is 21.8 Å². The van der Waals surface area contributed by atoms with Gasteiger partial charge >= 0.3 is 0 Å². The molecule has 0 spiro atoms. The fourth-order valence-electron chi connectivity index (χ4n) is 2.43. The maximum atomic E-state index is 2.32. The molecule has 1 heterocycles. The number of benzene rings is 2. The minimum Gasteiger partial charge on any atom is -0.344 e. The number of aryl methyl sites for hydroxylation is 2. The molecule has 0 unspecified atom stereocenters. The van der Waals surface area contributed by atoms with E-state index in [-0.39, 0.29) is 0 Å². The quantitative estimate of drug-likeness (QED) is 0.568. The van der Waals surface area contributed by atoms with Crippen LogP contribution >= 0.6 is 0 Å². The molecule has 0 bridgehead atoms. The maximum Gasteiger partial charge on any atom is 0.0488 e. The van der Waals surface area contributed by atoms with Crippen LogP contribution in [0, 0.1) is 0 Å². The van der Waals surface area contributed by atoms with E-state index < -0.39 is 0 Å². The molecule has 0 aliphatic heterocycles. The predicted molar refractivity (Wildman–Crippen MR) is 81.2 cm³/mol. The number of hydrogen-bond donors (Lipinski definition) is 0. The van der Waals surface area contributed by atoms with Gasteiger partial charge < -0.3 is 4.57 Å². The van der Waals surface area contributed by atoms with E-state index in [1.807, 2.05) is 13.8 Å². The van der Waals surface area contributed by atoms with E-state index in [9.17, 15) is 0 Å². The summed E-state index contributed by atoms with van der Waals surface area (Å²) in [5, 5.41) is 2.73. The number of para-hydroxylation sites is 1. The Balaban J connectivity index is 0.000000574. The molecule has 0 amide bonds. The SMILES string of the molecule is CC.CCc1ccc2c(c1)c1ccccc1n2C. The molecule has 0 aliphatic carbocycles. The van der Waals surface area contributed by atoms with Gasteiger partial charge in [0, 0.05) is 28.9 Å². The largest absolute Gasteiger partial charge is 0.344 e. The molecular formula is C17H21N. The van der Waals surface area contributed by atoms with Gasteiger partial charge in [0.15, 0.2) is 0 Å². The van der Waals surface area contributed by atoms with Crippen molar-refractivity contribution in [1.82, 2.24) is 4.57 Å². The molecule has 0 fully saturated rings. The summed E-state index contributed by atoms with van der Waals surface area (Å²) in [7, 11) is 2.14. The van der Waals surface area contributed by atoms with E-state index in [0.717, 1.165) is 6.42 Å². The molecule has 2 aromatic carbocycles. The Labute approximate surface area is 109 Å². The van der Waals surface area contributed by atoms with Crippen LogP contribution < -0.4 is 0 Å². The third-order valence-corrected chi connectivity index (χ3v) is 3.39. The first kappa shape index (κ1) is 12.7. The Morgan fingerprint density at radius 1 is 0.889 bits per heavy atom. The van der Waals surface area contributed by atoms with E-state index in [4.69, 9.17) is 0 Å². The van der Waals surface area contributed by atoms with Gasteiger partial charge in [0.1, 0.15) is 0 Å². The minimum atomic E-state index is 1.10. The fourth-order valence-corrected chi connectivity index (χ4v) is 2.43. The molecule has 0 radical (unpaired) electrons. The Kier molecular flexibility index (Phi) is 3.71. The molecule has 1 heteroatoms. The summed E-state index contributed by atoms with van der Waals surface area (Å²) < 4.78 is 2.27. The van der Waals surface area contributed by atoms with E-state index in [0.29, 0.717) is 0 Å². The Hall–Kier alpha value is -1.76. The van der Waals surface area contributed by atoms with Crippen molar-refractivity contribution < 1.29 is 0 Å². The molecule has 0 saturated heterocycles. The summed E-state index contributed by atoms with van der Waals surface area (Å²) in [6.07, 6.45) is 1.10. The van der Waals surface area contributed by atoms with Gasteiger partial charge in [-0.3, -0.25) is 0 Å². The zero-order chi connectivity index (χ0) is 13.1. The van der Waals surface area contributed by atoms with Crippen LogP contribution in [0.5, 0.6) is 0 Å². The summed E-state index contributed by atoms with van der Waals surface area (Å²) in [6, 6.07) is 15.4. The lowest BCUT2D eigenvalue weighted by Gasteiger charge is -1.99. The van der Waals surface area contributed by atoms with Crippen molar-refractivity contribution in [2.45, 2.75) is 27.2 Å². The highest BCUT2D eigenvalue weighted by Crippen LogP contribution is 2.28. The zero-order valence-electron chi connectivity index (χ0n) is 11.7. The van der Waals surface area contributed by atoms with Crippen LogP contribution in [0.3, 0.4) is 0 Å². The van der Waals surface area contributed by atoms with Crippen molar-refractivity contribution in [2.24, 2.45) is 7.05 Å². The molecule has 18 heavy (non-hydrogen) atoms. The van der Waals surface area contributed by atoms with E-state index >= 15 is 0 Å². The second-order valence-corrected chi connectivity index (χ2v) is 4.28. The van der Waals surface area contributed by atoms with Crippen LogP contribution in [0.25, 0.3) is 21.8 Å². The predicted octanol–water partition coefficient (Wildman–Crippen LogP) is 4.92. The molecule has 3 rings (SSSR count). The van der Waals surface area contributed by atoms with Crippen LogP contribution in [-0.4, -0.2) is 4.57 Å². The Bertz CT molecular complexity index is 662. The second-order valence-electron chi connectivity index (χ2n) is 4.28. The first-order chi connectivity index (χ1) is 8.81. The van der Waals surface area contributed by atoms with Gasteiger partial charge in [-0.1, -0.05) is 45.0 Å². The Morgan fingerprint density at radius 2 is 1.56 bits per heavy atom. The van der Waals surface area contributed by atoms with Crippen molar-refractivity contribution in [3.8, 4) is 0 Å². The highest BCUT2D eigenvalue weighted by atomic mass is 14.9. The number of hydrogen-bond acceptors (Lipinski definition) is 0. The molecule has 1 nitrogen and oxygen atoms in total. The lowest BCUT2D eigenvalue weighted by Crippen LogP contribution is -1.86. The van der Waals surface area contributed by atoms with Crippen LogP contribution in [0.1, 0.15) is 26.3 Å². The van der Waals surface area contributed by atoms with Gasteiger partial charge in [-0.25, -0.2) is 0 Å². The maximum absolute atomic E-state index is 2.32. The third-order valence-electron chi connectivity index (χ3n) is 3.39. The molecule has 94 valence electrons. The topological polar surface area (TPSA) is 4.93 Å². The lowest BCUT2D eigenvalue weighted by atomic mass is 10.1. The van der Waals surface area contributed by atoms with Crippen LogP contribution in [0.15, 0.2) is 42.5 Å². The molecule has 1 aromatic heterocycles. The highest BCUT2D eigenvalue weighted by molar-refractivity contribution is 6.08. The average molecular weight is 239 g/mol. The summed E-state index contributed by atoms with van der Waals surface area (Å²) >= 11 is 0. The molecule has 0 N–H and O–H groups in total. The van der Waals surface area contributed by atoms with E-state index in [1.54, 1.807) is 0 Å². The fraction of sp³-hybridized carbons (Fsp3) is 0.294. The number of rotatable bonds is 1. The summed E-state index contributed by atoms with van der Waals surface area (Å²) in [6.45, 7) is 6.20. The number of aromatic nitrogens is 1. The van der Waals surface area contributed by atoms with Crippen LogP contribution in [-0.2, 0) is 13.5 Å². The monoisotopic (exact) mass is 239 g/mol. The molecular weight excluding hydrogens is 218 g/mol. The molecule has 0 saturated carbocycles. The average Bonchev–Trinajstić information content (AvgIpc) is 2.75. The Morgan fingerprint density at radius 3 is 2.28 bits per heavy atom. The van der Waals surface area contributed by atoms with Gasteiger partial charge in [-0.15, -0.1) is 0 Å². The first-order valence-electron chi connectivity index (χ1n) is 6.77. The molecule has 0 atom stereocenters. The van der Waals surface area contributed by atoms with Crippen molar-refractivity contribution in [2.75, 3.05) is 0 Å². The van der Waals surface area contributed by atoms with Gasteiger partial charge in [0.05, 0.1) is 0 Å². The highest BCUT2D eigenvalue weighted by Gasteiger charge is 2.06. The van der Waals surface area contributed by atoms with E-state index in [1.165, 1.54) is 27.4 Å². The van der Waals surface area contributed by atoms with Crippen molar-refractivity contribution in [3.05, 3.63) is 48.0 Å².